The number of methoxy groups -OCH3 is 1. The topological polar surface area (TPSA) is 54.4 Å². The third-order valence-corrected chi connectivity index (χ3v) is 1.84. The zero-order chi connectivity index (χ0) is 9.84. The van der Waals surface area contributed by atoms with Gasteiger partial charge >= 0.3 is 0 Å². The Balaban J connectivity index is 3.07. The summed E-state index contributed by atoms with van der Waals surface area (Å²) in [6, 6.07) is 1.82. The van der Waals surface area contributed by atoms with Crippen LogP contribution in [0.1, 0.15) is 11.3 Å². The van der Waals surface area contributed by atoms with Gasteiger partial charge in [0.05, 0.1) is 18.5 Å². The molecule has 1 aromatic rings. The first-order valence-corrected chi connectivity index (χ1v) is 4.06. The SMILES string of the molecule is COc1cc(C)c(NCO)c(C)n1. The number of rotatable bonds is 3. The minimum absolute atomic E-state index is 0.0876. The first-order valence-electron chi connectivity index (χ1n) is 4.06. The normalized spacial score (nSPS) is 9.85. The van der Waals surface area contributed by atoms with Crippen LogP contribution in [-0.4, -0.2) is 23.9 Å². The lowest BCUT2D eigenvalue weighted by molar-refractivity contribution is 0.325. The average Bonchev–Trinajstić information content (AvgIpc) is 2.11. The molecule has 1 aromatic heterocycles. The lowest BCUT2D eigenvalue weighted by Crippen LogP contribution is -2.05. The number of hydrogen-bond donors (Lipinski definition) is 2. The van der Waals surface area contributed by atoms with Crippen molar-refractivity contribution >= 4 is 5.69 Å². The highest BCUT2D eigenvalue weighted by Crippen LogP contribution is 2.22. The maximum atomic E-state index is 8.72. The Kier molecular flexibility index (Phi) is 3.08. The highest BCUT2D eigenvalue weighted by atomic mass is 16.5. The fourth-order valence-electron chi connectivity index (χ4n) is 1.25. The van der Waals surface area contributed by atoms with Gasteiger partial charge in [-0.3, -0.25) is 0 Å². The molecule has 72 valence electrons. The zero-order valence-corrected chi connectivity index (χ0v) is 8.09. The number of aryl methyl sites for hydroxylation is 2. The first-order chi connectivity index (χ1) is 6.19. The van der Waals surface area contributed by atoms with Crippen molar-refractivity contribution in [2.24, 2.45) is 0 Å². The van der Waals surface area contributed by atoms with E-state index in [4.69, 9.17) is 9.84 Å². The minimum atomic E-state index is -0.0876. The Hall–Kier alpha value is -1.29. The van der Waals surface area contributed by atoms with Gasteiger partial charge in [-0.05, 0) is 19.4 Å². The molecule has 0 saturated heterocycles. The summed E-state index contributed by atoms with van der Waals surface area (Å²) in [6.07, 6.45) is 0. The number of ether oxygens (including phenoxy) is 1. The minimum Gasteiger partial charge on any atom is -0.481 e. The summed E-state index contributed by atoms with van der Waals surface area (Å²) in [5, 5.41) is 11.6. The molecule has 1 rings (SSSR count). The summed E-state index contributed by atoms with van der Waals surface area (Å²) in [5.74, 6) is 0.596. The second-order valence-corrected chi connectivity index (χ2v) is 2.78. The third kappa shape index (κ3) is 2.09. The highest BCUT2D eigenvalue weighted by molar-refractivity contribution is 5.55. The van der Waals surface area contributed by atoms with Crippen molar-refractivity contribution in [1.29, 1.82) is 0 Å². The fraction of sp³-hybridized carbons (Fsp3) is 0.444. The summed E-state index contributed by atoms with van der Waals surface area (Å²) in [4.78, 5) is 4.18. The molecule has 0 aliphatic carbocycles. The Morgan fingerprint density at radius 1 is 1.54 bits per heavy atom. The molecule has 0 aliphatic heterocycles. The van der Waals surface area contributed by atoms with Crippen LogP contribution in [0.4, 0.5) is 5.69 Å². The van der Waals surface area contributed by atoms with Crippen LogP contribution >= 0.6 is 0 Å². The number of pyridine rings is 1. The molecule has 0 aliphatic rings. The van der Waals surface area contributed by atoms with Gasteiger partial charge in [-0.15, -0.1) is 0 Å². The van der Waals surface area contributed by atoms with E-state index in [-0.39, 0.29) is 6.73 Å². The molecule has 0 saturated carbocycles. The van der Waals surface area contributed by atoms with E-state index < -0.39 is 0 Å². The maximum absolute atomic E-state index is 8.72. The van der Waals surface area contributed by atoms with Crippen LogP contribution in [0.3, 0.4) is 0 Å². The summed E-state index contributed by atoms with van der Waals surface area (Å²) >= 11 is 0. The van der Waals surface area contributed by atoms with Gasteiger partial charge in [0.25, 0.3) is 0 Å². The third-order valence-electron chi connectivity index (χ3n) is 1.84. The second kappa shape index (κ2) is 4.09. The number of anilines is 1. The van der Waals surface area contributed by atoms with Crippen molar-refractivity contribution in [3.63, 3.8) is 0 Å². The lowest BCUT2D eigenvalue weighted by Gasteiger charge is -2.11. The van der Waals surface area contributed by atoms with Gasteiger partial charge in [0, 0.05) is 6.07 Å². The molecule has 0 spiro atoms. The quantitative estimate of drug-likeness (QED) is 0.686. The van der Waals surface area contributed by atoms with Gasteiger partial charge in [0.15, 0.2) is 0 Å². The molecule has 0 unspecified atom stereocenters. The predicted molar refractivity (Wildman–Crippen MR) is 51.0 cm³/mol. The van der Waals surface area contributed by atoms with Gasteiger partial charge < -0.3 is 15.2 Å². The number of nitrogens with one attached hydrogen (secondary N) is 1. The second-order valence-electron chi connectivity index (χ2n) is 2.78. The molecule has 0 amide bonds. The average molecular weight is 182 g/mol. The van der Waals surface area contributed by atoms with Gasteiger partial charge in [-0.25, -0.2) is 4.98 Å². The number of aliphatic hydroxyl groups excluding tert-OH is 1. The van der Waals surface area contributed by atoms with Crippen molar-refractivity contribution in [2.45, 2.75) is 13.8 Å². The van der Waals surface area contributed by atoms with E-state index in [0.717, 1.165) is 16.9 Å². The van der Waals surface area contributed by atoms with Crippen molar-refractivity contribution in [1.82, 2.24) is 4.98 Å². The van der Waals surface area contributed by atoms with Crippen molar-refractivity contribution in [3.8, 4) is 5.88 Å². The largest absolute Gasteiger partial charge is 0.481 e. The molecule has 13 heavy (non-hydrogen) atoms. The van der Waals surface area contributed by atoms with Crippen LogP contribution < -0.4 is 10.1 Å². The monoisotopic (exact) mass is 182 g/mol. The summed E-state index contributed by atoms with van der Waals surface area (Å²) in [5.41, 5.74) is 2.70. The lowest BCUT2D eigenvalue weighted by atomic mass is 10.2. The molecule has 0 radical (unpaired) electrons. The van der Waals surface area contributed by atoms with E-state index in [1.165, 1.54) is 0 Å². The van der Waals surface area contributed by atoms with E-state index in [0.29, 0.717) is 5.88 Å². The first kappa shape index (κ1) is 9.80. The standard InChI is InChI=1S/C9H14N2O2/c1-6-4-8(13-3)11-7(2)9(6)10-5-12/h4,10,12H,5H2,1-3H3. The molecular formula is C9H14N2O2. The summed E-state index contributed by atoms with van der Waals surface area (Å²) in [7, 11) is 1.58. The van der Waals surface area contributed by atoms with Crippen molar-refractivity contribution in [2.75, 3.05) is 19.2 Å². The predicted octanol–water partition coefficient (Wildman–Crippen LogP) is 1.07. The molecule has 2 N–H and O–H groups in total. The van der Waals surface area contributed by atoms with Crippen LogP contribution in [0.15, 0.2) is 6.07 Å². The van der Waals surface area contributed by atoms with E-state index in [9.17, 15) is 0 Å². The van der Waals surface area contributed by atoms with Gasteiger partial charge in [-0.1, -0.05) is 0 Å². The van der Waals surface area contributed by atoms with E-state index in [1.807, 2.05) is 19.9 Å². The molecule has 0 aromatic carbocycles. The summed E-state index contributed by atoms with van der Waals surface area (Å²) < 4.78 is 5.01. The molecule has 4 nitrogen and oxygen atoms in total. The molecular weight excluding hydrogens is 168 g/mol. The van der Waals surface area contributed by atoms with Crippen molar-refractivity contribution < 1.29 is 9.84 Å². The highest BCUT2D eigenvalue weighted by Gasteiger charge is 2.05. The molecule has 4 heteroatoms. The van der Waals surface area contributed by atoms with Crippen LogP contribution in [0, 0.1) is 13.8 Å². The van der Waals surface area contributed by atoms with E-state index in [1.54, 1.807) is 7.11 Å². The van der Waals surface area contributed by atoms with E-state index in [2.05, 4.69) is 10.3 Å². The Morgan fingerprint density at radius 3 is 2.69 bits per heavy atom. The molecule has 0 bridgehead atoms. The fourth-order valence-corrected chi connectivity index (χ4v) is 1.25. The molecule has 0 atom stereocenters. The molecule has 1 heterocycles. The van der Waals surface area contributed by atoms with Crippen LogP contribution in [0.5, 0.6) is 5.88 Å². The number of hydrogen-bond acceptors (Lipinski definition) is 4. The van der Waals surface area contributed by atoms with Crippen LogP contribution in [0.25, 0.3) is 0 Å². The summed E-state index contributed by atoms with van der Waals surface area (Å²) in [6.45, 7) is 3.72. The number of nitrogens with zero attached hydrogens (tertiary/aromatic N) is 1. The zero-order valence-electron chi connectivity index (χ0n) is 8.09. The van der Waals surface area contributed by atoms with Crippen LogP contribution in [0.2, 0.25) is 0 Å². The maximum Gasteiger partial charge on any atom is 0.213 e. The van der Waals surface area contributed by atoms with Gasteiger partial charge in [-0.2, -0.15) is 0 Å². The molecule has 0 fully saturated rings. The number of aromatic nitrogens is 1. The van der Waals surface area contributed by atoms with E-state index >= 15 is 0 Å². The Morgan fingerprint density at radius 2 is 2.23 bits per heavy atom. The Bertz CT molecular complexity index is 277. The van der Waals surface area contributed by atoms with Crippen molar-refractivity contribution in [3.05, 3.63) is 17.3 Å². The van der Waals surface area contributed by atoms with Gasteiger partial charge in [0.2, 0.25) is 5.88 Å². The van der Waals surface area contributed by atoms with Gasteiger partial charge in [0.1, 0.15) is 6.73 Å². The Labute approximate surface area is 77.6 Å². The number of aliphatic hydroxyl groups is 1. The smallest absolute Gasteiger partial charge is 0.213 e. The van der Waals surface area contributed by atoms with Crippen LogP contribution in [-0.2, 0) is 0 Å².